The molecule has 128 valence electrons. The van der Waals surface area contributed by atoms with Crippen molar-refractivity contribution >= 4 is 16.9 Å². The summed E-state index contributed by atoms with van der Waals surface area (Å²) in [5.41, 5.74) is 2.70. The number of hydrogen-bond donors (Lipinski definition) is 1. The van der Waals surface area contributed by atoms with Crippen LogP contribution < -0.4 is 0 Å². The number of likely N-dealkylation sites (N-methyl/N-ethyl adjacent to an activating group) is 1. The summed E-state index contributed by atoms with van der Waals surface area (Å²) in [5, 5.41) is 9.91. The number of aromatic hydroxyl groups is 1. The highest BCUT2D eigenvalue weighted by molar-refractivity contribution is 5.81. The number of aromatic nitrogens is 2. The summed E-state index contributed by atoms with van der Waals surface area (Å²) in [7, 11) is 1.77. The van der Waals surface area contributed by atoms with Gasteiger partial charge in [0, 0.05) is 25.1 Å². The molecule has 0 aliphatic heterocycles. The third-order valence-corrected chi connectivity index (χ3v) is 4.74. The third kappa shape index (κ3) is 3.09. The topological polar surface area (TPSA) is 58.4 Å². The van der Waals surface area contributed by atoms with E-state index in [-0.39, 0.29) is 18.2 Å². The maximum absolute atomic E-state index is 12.8. The quantitative estimate of drug-likeness (QED) is 0.778. The molecule has 1 aromatic heterocycles. The van der Waals surface area contributed by atoms with Gasteiger partial charge in [0.1, 0.15) is 18.1 Å². The summed E-state index contributed by atoms with van der Waals surface area (Å²) >= 11 is 0. The molecule has 0 saturated heterocycles. The van der Waals surface area contributed by atoms with Crippen LogP contribution in [0.5, 0.6) is 5.75 Å². The molecule has 25 heavy (non-hydrogen) atoms. The largest absolute Gasteiger partial charge is 0.508 e. The molecule has 0 atom stereocenters. The Hall–Kier alpha value is -2.82. The molecule has 0 unspecified atom stereocenters. The smallest absolute Gasteiger partial charge is 0.242 e. The molecular weight excluding hydrogens is 314 g/mol. The molecule has 0 radical (unpaired) electrons. The van der Waals surface area contributed by atoms with E-state index in [0.29, 0.717) is 12.5 Å². The first-order valence-corrected chi connectivity index (χ1v) is 8.59. The molecular formula is C20H21N3O2. The summed E-state index contributed by atoms with van der Waals surface area (Å²) in [6.07, 6.45) is 2.29. The van der Waals surface area contributed by atoms with Crippen LogP contribution in [0.4, 0.5) is 0 Å². The minimum absolute atomic E-state index is 0.00769. The number of nitrogens with zero attached hydrogens (tertiary/aromatic N) is 3. The lowest BCUT2D eigenvalue weighted by atomic mass is 10.2. The molecule has 1 heterocycles. The average Bonchev–Trinajstić information content (AvgIpc) is 3.40. The molecule has 0 spiro atoms. The molecule has 1 amide bonds. The van der Waals surface area contributed by atoms with Gasteiger partial charge in [-0.2, -0.15) is 0 Å². The number of para-hydroxylation sites is 3. The van der Waals surface area contributed by atoms with Gasteiger partial charge in [0.2, 0.25) is 5.91 Å². The van der Waals surface area contributed by atoms with Crippen molar-refractivity contribution in [1.82, 2.24) is 14.5 Å². The molecule has 1 fully saturated rings. The number of rotatable bonds is 5. The number of hydrogen-bond acceptors (Lipinski definition) is 3. The van der Waals surface area contributed by atoms with Crippen molar-refractivity contribution < 1.29 is 9.90 Å². The maximum Gasteiger partial charge on any atom is 0.242 e. The molecule has 1 aliphatic carbocycles. The molecule has 1 N–H and O–H groups in total. The van der Waals surface area contributed by atoms with Gasteiger partial charge in [0.25, 0.3) is 0 Å². The van der Waals surface area contributed by atoms with E-state index in [1.54, 1.807) is 24.1 Å². The Balaban J connectivity index is 1.57. The number of carbonyl (C=O) groups is 1. The highest BCUT2D eigenvalue weighted by Gasteiger charge is 2.30. The molecule has 5 nitrogen and oxygen atoms in total. The van der Waals surface area contributed by atoms with Crippen LogP contribution in [0.15, 0.2) is 48.5 Å². The molecule has 2 aromatic carbocycles. The van der Waals surface area contributed by atoms with E-state index in [2.05, 4.69) is 4.57 Å². The summed E-state index contributed by atoms with van der Waals surface area (Å²) in [6, 6.07) is 15.1. The number of imidazole rings is 1. The lowest BCUT2D eigenvalue weighted by molar-refractivity contribution is -0.131. The lowest BCUT2D eigenvalue weighted by Gasteiger charge is -2.19. The highest BCUT2D eigenvalue weighted by atomic mass is 16.3. The average molecular weight is 335 g/mol. The minimum Gasteiger partial charge on any atom is -0.508 e. The van der Waals surface area contributed by atoms with Crippen LogP contribution in [0.2, 0.25) is 0 Å². The molecule has 1 aliphatic rings. The summed E-state index contributed by atoms with van der Waals surface area (Å²) < 4.78 is 2.05. The Labute approximate surface area is 146 Å². The van der Waals surface area contributed by atoms with Gasteiger partial charge >= 0.3 is 0 Å². The minimum atomic E-state index is 0.00769. The van der Waals surface area contributed by atoms with Gasteiger partial charge in [-0.25, -0.2) is 4.98 Å². The number of phenols is 1. The van der Waals surface area contributed by atoms with Gasteiger partial charge < -0.3 is 14.6 Å². The Kier molecular flexibility index (Phi) is 3.92. The lowest BCUT2D eigenvalue weighted by Crippen LogP contribution is -2.30. The predicted molar refractivity (Wildman–Crippen MR) is 96.3 cm³/mol. The second-order valence-electron chi connectivity index (χ2n) is 6.70. The van der Waals surface area contributed by atoms with Crippen LogP contribution in [0, 0.1) is 0 Å². The summed E-state index contributed by atoms with van der Waals surface area (Å²) in [5.74, 6) is 1.72. The number of phenolic OH excluding ortho intramolecular Hbond substituents is 1. The van der Waals surface area contributed by atoms with Gasteiger partial charge in [-0.15, -0.1) is 0 Å². The Morgan fingerprint density at radius 2 is 1.92 bits per heavy atom. The van der Waals surface area contributed by atoms with Gasteiger partial charge in [0.15, 0.2) is 0 Å². The predicted octanol–water partition coefficient (Wildman–Crippen LogP) is 3.28. The summed E-state index contributed by atoms with van der Waals surface area (Å²) in [4.78, 5) is 19.2. The van der Waals surface area contributed by atoms with Crippen molar-refractivity contribution in [1.29, 1.82) is 0 Å². The first kappa shape index (κ1) is 15.7. The number of benzene rings is 2. The van der Waals surface area contributed by atoms with Crippen LogP contribution in [0.25, 0.3) is 11.0 Å². The highest BCUT2D eigenvalue weighted by Crippen LogP contribution is 2.40. The molecule has 0 bridgehead atoms. The zero-order chi connectivity index (χ0) is 17.4. The third-order valence-electron chi connectivity index (χ3n) is 4.74. The van der Waals surface area contributed by atoms with Gasteiger partial charge in [-0.1, -0.05) is 30.3 Å². The second kappa shape index (κ2) is 6.24. The van der Waals surface area contributed by atoms with Crippen LogP contribution in [0.3, 0.4) is 0 Å². The Morgan fingerprint density at radius 1 is 1.20 bits per heavy atom. The summed E-state index contributed by atoms with van der Waals surface area (Å²) in [6.45, 7) is 0.660. The molecule has 4 rings (SSSR count). The monoisotopic (exact) mass is 335 g/mol. The van der Waals surface area contributed by atoms with Crippen LogP contribution in [-0.2, 0) is 17.9 Å². The van der Waals surface area contributed by atoms with Crippen molar-refractivity contribution in [2.45, 2.75) is 31.8 Å². The van der Waals surface area contributed by atoms with Crippen LogP contribution in [-0.4, -0.2) is 32.5 Å². The van der Waals surface area contributed by atoms with E-state index in [9.17, 15) is 9.90 Å². The maximum atomic E-state index is 12.8. The molecule has 1 saturated carbocycles. The first-order chi connectivity index (χ1) is 12.1. The second-order valence-corrected chi connectivity index (χ2v) is 6.70. The number of carbonyl (C=O) groups excluding carboxylic acids is 1. The van der Waals surface area contributed by atoms with E-state index in [1.807, 2.05) is 36.4 Å². The number of fused-ring (bicyclic) bond motifs is 1. The molecule has 3 aromatic rings. The zero-order valence-corrected chi connectivity index (χ0v) is 14.2. The zero-order valence-electron chi connectivity index (χ0n) is 14.2. The fourth-order valence-corrected chi connectivity index (χ4v) is 3.16. The van der Waals surface area contributed by atoms with E-state index in [1.165, 1.54) is 0 Å². The Morgan fingerprint density at radius 3 is 2.68 bits per heavy atom. The van der Waals surface area contributed by atoms with Crippen molar-refractivity contribution in [3.8, 4) is 5.75 Å². The van der Waals surface area contributed by atoms with Crippen molar-refractivity contribution in [2.24, 2.45) is 0 Å². The van der Waals surface area contributed by atoms with E-state index >= 15 is 0 Å². The van der Waals surface area contributed by atoms with Gasteiger partial charge in [0.05, 0.1) is 11.0 Å². The van der Waals surface area contributed by atoms with E-state index in [0.717, 1.165) is 35.3 Å². The van der Waals surface area contributed by atoms with E-state index < -0.39 is 0 Å². The fourth-order valence-electron chi connectivity index (χ4n) is 3.16. The first-order valence-electron chi connectivity index (χ1n) is 8.59. The van der Waals surface area contributed by atoms with Crippen LogP contribution >= 0.6 is 0 Å². The van der Waals surface area contributed by atoms with Crippen LogP contribution in [0.1, 0.15) is 30.1 Å². The van der Waals surface area contributed by atoms with Gasteiger partial charge in [-0.05, 0) is 31.0 Å². The molecule has 5 heteroatoms. The van der Waals surface area contributed by atoms with Crippen molar-refractivity contribution in [3.63, 3.8) is 0 Å². The van der Waals surface area contributed by atoms with Crippen molar-refractivity contribution in [2.75, 3.05) is 7.05 Å². The van der Waals surface area contributed by atoms with E-state index in [4.69, 9.17) is 4.98 Å². The standard InChI is InChI=1S/C20H21N3O2/c1-22(12-15-6-2-5-9-18(15)24)19(25)13-23-17-8-4-3-7-16(17)21-20(23)14-10-11-14/h2-9,14,24H,10-13H2,1H3. The normalized spacial score (nSPS) is 14.0. The van der Waals surface area contributed by atoms with Gasteiger partial charge in [-0.3, -0.25) is 4.79 Å². The van der Waals surface area contributed by atoms with Crippen molar-refractivity contribution in [3.05, 3.63) is 59.9 Å². The SMILES string of the molecule is CN(Cc1ccccc1O)C(=O)Cn1c(C2CC2)nc2ccccc21. The number of amides is 1. The Bertz CT molecular complexity index is 928. The fraction of sp³-hybridized carbons (Fsp3) is 0.300.